The van der Waals surface area contributed by atoms with Crippen LogP contribution in [0.1, 0.15) is 0 Å². The molecule has 0 aliphatic carbocycles. The summed E-state index contributed by atoms with van der Waals surface area (Å²) >= 11 is 0. The number of benzene rings is 10. The van der Waals surface area contributed by atoms with Crippen molar-refractivity contribution in [2.45, 2.75) is 0 Å². The lowest BCUT2D eigenvalue weighted by molar-refractivity contribution is 1.08. The minimum atomic E-state index is 0.798. The van der Waals surface area contributed by atoms with E-state index in [1.807, 2.05) is 18.2 Å². The molecule has 2 heterocycles. The lowest BCUT2D eigenvalue weighted by atomic mass is 9.93. The van der Waals surface area contributed by atoms with Crippen LogP contribution in [0, 0.1) is 0 Å². The van der Waals surface area contributed by atoms with Crippen molar-refractivity contribution >= 4 is 65.8 Å². The average Bonchev–Trinajstić information content (AvgIpc) is 3.69. The monoisotopic (exact) mass is 790 g/mol. The number of nitrogens with zero attached hydrogens (tertiary/aromatic N) is 3. The number of nitrogens with one attached hydrogen (secondary N) is 1. The Morgan fingerprint density at radius 1 is 0.339 bits per heavy atom. The van der Waals surface area contributed by atoms with E-state index >= 15 is 0 Å². The maximum atomic E-state index is 5.54. The van der Waals surface area contributed by atoms with Gasteiger partial charge in [-0.05, 0) is 91.8 Å². The van der Waals surface area contributed by atoms with Gasteiger partial charge in [-0.25, -0.2) is 9.97 Å². The second-order valence-corrected chi connectivity index (χ2v) is 15.8. The van der Waals surface area contributed by atoms with E-state index in [2.05, 4.69) is 216 Å². The maximum absolute atomic E-state index is 5.54. The summed E-state index contributed by atoms with van der Waals surface area (Å²) in [4.78, 5) is 11.0. The first-order valence-electron chi connectivity index (χ1n) is 21.1. The van der Waals surface area contributed by atoms with Crippen LogP contribution in [0.15, 0.2) is 224 Å². The Labute approximate surface area is 359 Å². The molecule has 10 aromatic carbocycles. The number of anilines is 2. The van der Waals surface area contributed by atoms with Crippen LogP contribution >= 0.6 is 0 Å². The smallest absolute Gasteiger partial charge is 0.165 e. The fourth-order valence-electron chi connectivity index (χ4n) is 9.35. The maximum Gasteiger partial charge on any atom is 0.165 e. The van der Waals surface area contributed by atoms with Gasteiger partial charge in [0.25, 0.3) is 0 Å². The molecule has 0 aliphatic heterocycles. The molecule has 0 fully saturated rings. The van der Waals surface area contributed by atoms with Crippen molar-refractivity contribution in [1.82, 2.24) is 14.5 Å². The number of fused-ring (bicyclic) bond motifs is 7. The quantitative estimate of drug-likeness (QED) is 0.175. The zero-order valence-corrected chi connectivity index (χ0v) is 33.7. The Morgan fingerprint density at radius 3 is 1.69 bits per heavy atom. The van der Waals surface area contributed by atoms with Crippen LogP contribution in [0.3, 0.4) is 0 Å². The van der Waals surface area contributed by atoms with Crippen LogP contribution in [-0.2, 0) is 0 Å². The number of para-hydroxylation sites is 4. The minimum Gasteiger partial charge on any atom is -0.355 e. The Hall–Kier alpha value is -8.34. The predicted molar refractivity (Wildman–Crippen MR) is 260 cm³/mol. The van der Waals surface area contributed by atoms with E-state index in [1.165, 1.54) is 38.1 Å². The second-order valence-electron chi connectivity index (χ2n) is 15.8. The van der Waals surface area contributed by atoms with Crippen molar-refractivity contribution in [3.8, 4) is 50.5 Å². The highest BCUT2D eigenvalue weighted by Crippen LogP contribution is 2.45. The summed E-state index contributed by atoms with van der Waals surface area (Å²) in [7, 11) is 0. The van der Waals surface area contributed by atoms with Gasteiger partial charge < -0.3 is 5.32 Å². The zero-order valence-electron chi connectivity index (χ0n) is 33.7. The van der Waals surface area contributed by atoms with Crippen LogP contribution in [-0.4, -0.2) is 14.5 Å². The van der Waals surface area contributed by atoms with Crippen molar-refractivity contribution in [3.63, 3.8) is 0 Å². The lowest BCUT2D eigenvalue weighted by Crippen LogP contribution is -2.04. The third-order valence-electron chi connectivity index (χ3n) is 12.2. The minimum absolute atomic E-state index is 0.798. The van der Waals surface area contributed by atoms with Gasteiger partial charge in [-0.2, -0.15) is 0 Å². The number of hydrogen-bond donors (Lipinski definition) is 1. The summed E-state index contributed by atoms with van der Waals surface area (Å²) in [5, 5.41) is 10.7. The molecule has 1 N–H and O–H groups in total. The van der Waals surface area contributed by atoms with E-state index < -0.39 is 0 Å². The lowest BCUT2D eigenvalue weighted by Gasteiger charge is -2.17. The summed E-state index contributed by atoms with van der Waals surface area (Å²) in [6.07, 6.45) is 0. The average molecular weight is 791 g/mol. The van der Waals surface area contributed by atoms with Crippen LogP contribution in [0.4, 0.5) is 11.4 Å². The van der Waals surface area contributed by atoms with E-state index in [4.69, 9.17) is 9.97 Å². The third kappa shape index (κ3) is 5.92. The number of aromatic nitrogens is 3. The molecule has 0 saturated heterocycles. The topological polar surface area (TPSA) is 42.7 Å². The van der Waals surface area contributed by atoms with Gasteiger partial charge in [0.15, 0.2) is 5.82 Å². The van der Waals surface area contributed by atoms with Gasteiger partial charge in [0, 0.05) is 33.3 Å². The van der Waals surface area contributed by atoms with Crippen molar-refractivity contribution in [2.24, 2.45) is 0 Å². The highest BCUT2D eigenvalue weighted by Gasteiger charge is 2.24. The van der Waals surface area contributed by atoms with Gasteiger partial charge in [0.2, 0.25) is 0 Å². The van der Waals surface area contributed by atoms with Crippen molar-refractivity contribution in [3.05, 3.63) is 224 Å². The number of hydrogen-bond acceptors (Lipinski definition) is 3. The first-order valence-corrected chi connectivity index (χ1v) is 21.1. The molecule has 0 amide bonds. The molecule has 0 saturated carbocycles. The van der Waals surface area contributed by atoms with E-state index in [9.17, 15) is 0 Å². The Balaban J connectivity index is 1.10. The molecule has 4 heteroatoms. The Bertz CT molecular complexity index is 3650. The third-order valence-corrected chi connectivity index (χ3v) is 12.2. The normalized spacial score (nSPS) is 11.5. The van der Waals surface area contributed by atoms with Crippen LogP contribution in [0.25, 0.3) is 105 Å². The molecular weight excluding hydrogens is 753 g/mol. The predicted octanol–water partition coefficient (Wildman–Crippen LogP) is 15.4. The molecule has 2 aromatic heterocycles. The van der Waals surface area contributed by atoms with Gasteiger partial charge in [-0.1, -0.05) is 182 Å². The van der Waals surface area contributed by atoms with E-state index in [0.717, 1.165) is 78.2 Å². The fourth-order valence-corrected chi connectivity index (χ4v) is 9.35. The summed E-state index contributed by atoms with van der Waals surface area (Å²) in [5.74, 6) is 0.798. The molecule has 4 nitrogen and oxygen atoms in total. The molecule has 12 aromatic rings. The summed E-state index contributed by atoms with van der Waals surface area (Å²) < 4.78 is 2.36. The van der Waals surface area contributed by atoms with Gasteiger partial charge in [-0.3, -0.25) is 4.57 Å². The van der Waals surface area contributed by atoms with Gasteiger partial charge in [0.1, 0.15) is 5.69 Å². The van der Waals surface area contributed by atoms with Crippen molar-refractivity contribution in [2.75, 3.05) is 5.32 Å². The van der Waals surface area contributed by atoms with Crippen LogP contribution in [0.5, 0.6) is 0 Å². The molecule has 0 spiro atoms. The molecule has 0 atom stereocenters. The Kier molecular flexibility index (Phi) is 8.46. The van der Waals surface area contributed by atoms with Crippen molar-refractivity contribution in [1.29, 1.82) is 0 Å². The molecule has 62 heavy (non-hydrogen) atoms. The molecule has 0 bridgehead atoms. The van der Waals surface area contributed by atoms with E-state index in [1.54, 1.807) is 0 Å². The first-order chi connectivity index (χ1) is 30.8. The SMILES string of the molecule is c1ccc(Nc2ccccc2-c2ccc(-c3cccc4c3c3c5ccccc5ccc3n4-c3nc4ccccc4nc3-c3ccc(-c4ccccc4)c4ccccc34)cc2)cc1. The largest absolute Gasteiger partial charge is 0.355 e. The van der Waals surface area contributed by atoms with Crippen LogP contribution < -0.4 is 5.32 Å². The molecule has 0 unspecified atom stereocenters. The molecule has 290 valence electrons. The van der Waals surface area contributed by atoms with Gasteiger partial charge >= 0.3 is 0 Å². The number of rotatable bonds is 7. The molecule has 0 radical (unpaired) electrons. The molecular formula is C58H38N4. The first kappa shape index (κ1) is 35.6. The van der Waals surface area contributed by atoms with Crippen molar-refractivity contribution < 1.29 is 0 Å². The highest BCUT2D eigenvalue weighted by molar-refractivity contribution is 6.25. The van der Waals surface area contributed by atoms with Crippen LogP contribution in [0.2, 0.25) is 0 Å². The van der Waals surface area contributed by atoms with E-state index in [-0.39, 0.29) is 0 Å². The zero-order chi connectivity index (χ0) is 41.0. The van der Waals surface area contributed by atoms with Gasteiger partial charge in [0.05, 0.1) is 22.1 Å². The second kappa shape index (κ2) is 14.7. The molecule has 0 aliphatic rings. The fraction of sp³-hybridized carbons (Fsp3) is 0. The standard InChI is InChI=1S/C58H38N4/c1-3-16-38(17-4-1)43-35-36-49(48-24-10-9-23-47(43)48)57-58(61-52-28-14-13-27-51(52)60-57)62-53-29-15-25-46(55(53)56-45-22-8-7-18-39(45)34-37-54(56)62)41-32-30-40(31-33-41)44-21-11-12-26-50(44)59-42-19-5-2-6-20-42/h1-37,59H. The summed E-state index contributed by atoms with van der Waals surface area (Å²) in [6.45, 7) is 0. The highest BCUT2D eigenvalue weighted by atomic mass is 15.1. The van der Waals surface area contributed by atoms with Gasteiger partial charge in [-0.15, -0.1) is 0 Å². The summed E-state index contributed by atoms with van der Waals surface area (Å²) in [6, 6.07) is 79.8. The summed E-state index contributed by atoms with van der Waals surface area (Å²) in [5.41, 5.74) is 14.8. The molecule has 12 rings (SSSR count). The van der Waals surface area contributed by atoms with E-state index in [0.29, 0.717) is 0 Å². The Morgan fingerprint density at radius 2 is 0.903 bits per heavy atom.